The molecule has 0 aliphatic carbocycles. The Balaban J connectivity index is 2.53. The molecular weight excluding hydrogens is 286 g/mol. The maximum atomic E-state index is 13.7. The normalized spacial score (nSPS) is 22.1. The van der Waals surface area contributed by atoms with E-state index in [1.165, 1.54) is 4.90 Å². The fourth-order valence-electron chi connectivity index (χ4n) is 2.62. The number of halogens is 2. The maximum Gasteiger partial charge on any atom is 0.328 e. The fraction of sp³-hybridized carbons (Fsp3) is 0.462. The molecule has 0 aromatic heterocycles. The topological polar surface area (TPSA) is 83.7 Å². The summed E-state index contributed by atoms with van der Waals surface area (Å²) >= 11 is 0. The highest BCUT2D eigenvalue weighted by molar-refractivity contribution is 5.80. The van der Waals surface area contributed by atoms with Crippen LogP contribution < -0.4 is 4.90 Å². The van der Waals surface area contributed by atoms with Crippen molar-refractivity contribution in [3.63, 3.8) is 0 Å². The monoisotopic (exact) mass is 300 g/mol. The smallest absolute Gasteiger partial charge is 0.328 e. The van der Waals surface area contributed by atoms with Gasteiger partial charge in [-0.15, -0.1) is 0 Å². The van der Waals surface area contributed by atoms with E-state index in [9.17, 15) is 28.8 Å². The lowest BCUT2D eigenvalue weighted by Gasteiger charge is -2.37. The summed E-state index contributed by atoms with van der Waals surface area (Å²) in [6, 6.07) is 0.200. The number of carboxylic acids is 1. The number of anilines is 1. The van der Waals surface area contributed by atoms with Crippen molar-refractivity contribution in [2.75, 3.05) is 11.4 Å². The van der Waals surface area contributed by atoms with Gasteiger partial charge in [-0.05, 0) is 18.8 Å². The lowest BCUT2D eigenvalue weighted by molar-refractivity contribution is -0.386. The number of carbonyl (C=O) groups is 1. The van der Waals surface area contributed by atoms with Gasteiger partial charge in [-0.25, -0.2) is 9.18 Å². The van der Waals surface area contributed by atoms with Crippen LogP contribution in [0.15, 0.2) is 12.1 Å². The number of nitro groups is 1. The Morgan fingerprint density at radius 3 is 2.71 bits per heavy atom. The number of aliphatic carboxylic acids is 1. The molecule has 0 radical (unpaired) electrons. The largest absolute Gasteiger partial charge is 0.480 e. The molecule has 0 bridgehead atoms. The number of hydrogen-bond donors (Lipinski definition) is 1. The summed E-state index contributed by atoms with van der Waals surface area (Å²) in [5.74, 6) is -3.33. The summed E-state index contributed by atoms with van der Waals surface area (Å²) in [4.78, 5) is 22.6. The number of nitro benzene ring substituents is 1. The van der Waals surface area contributed by atoms with Crippen molar-refractivity contribution >= 4 is 17.3 Å². The molecule has 1 fully saturated rings. The molecule has 1 heterocycles. The molecule has 1 N–H and O–H groups in total. The Bertz CT molecular complexity index is 594. The minimum Gasteiger partial charge on any atom is -0.480 e. The van der Waals surface area contributed by atoms with E-state index in [-0.39, 0.29) is 24.6 Å². The first kappa shape index (κ1) is 15.1. The van der Waals surface area contributed by atoms with Crippen molar-refractivity contribution in [3.8, 4) is 0 Å². The summed E-state index contributed by atoms with van der Waals surface area (Å²) in [6.45, 7) is 2.07. The van der Waals surface area contributed by atoms with Gasteiger partial charge in [-0.1, -0.05) is 6.92 Å². The SMILES string of the molecule is CC1CCN(c2cc(F)cc(F)c2[N+](=O)[O-])C(C(=O)O)C1. The first-order valence-corrected chi connectivity index (χ1v) is 6.44. The Hall–Kier alpha value is -2.25. The highest BCUT2D eigenvalue weighted by atomic mass is 19.1. The third kappa shape index (κ3) is 2.93. The van der Waals surface area contributed by atoms with E-state index < -0.39 is 34.3 Å². The van der Waals surface area contributed by atoms with Crippen LogP contribution >= 0.6 is 0 Å². The second-order valence-electron chi connectivity index (χ2n) is 5.19. The lowest BCUT2D eigenvalue weighted by Crippen LogP contribution is -2.47. The van der Waals surface area contributed by atoms with E-state index in [2.05, 4.69) is 0 Å². The number of piperidine rings is 1. The zero-order chi connectivity index (χ0) is 15.7. The molecule has 114 valence electrons. The van der Waals surface area contributed by atoms with E-state index in [1.807, 2.05) is 6.92 Å². The summed E-state index contributed by atoms with van der Waals surface area (Å²) in [7, 11) is 0. The average Bonchev–Trinajstić information content (AvgIpc) is 2.36. The maximum absolute atomic E-state index is 13.7. The molecule has 1 aromatic carbocycles. The summed E-state index contributed by atoms with van der Waals surface area (Å²) < 4.78 is 27.1. The molecule has 1 aromatic rings. The number of hydrogen-bond acceptors (Lipinski definition) is 4. The van der Waals surface area contributed by atoms with Gasteiger partial charge in [-0.2, -0.15) is 4.39 Å². The summed E-state index contributed by atoms with van der Waals surface area (Å²) in [5, 5.41) is 20.3. The van der Waals surface area contributed by atoms with Crippen LogP contribution in [-0.2, 0) is 4.79 Å². The third-order valence-corrected chi connectivity index (χ3v) is 3.65. The first-order valence-electron chi connectivity index (χ1n) is 6.44. The van der Waals surface area contributed by atoms with Crippen LogP contribution in [0, 0.1) is 27.7 Å². The molecule has 1 aliphatic rings. The van der Waals surface area contributed by atoms with Gasteiger partial charge in [0, 0.05) is 18.7 Å². The van der Waals surface area contributed by atoms with Crippen LogP contribution in [0.5, 0.6) is 0 Å². The molecule has 0 spiro atoms. The summed E-state index contributed by atoms with van der Waals surface area (Å²) in [6.07, 6.45) is 0.865. The van der Waals surface area contributed by atoms with Gasteiger partial charge in [0.25, 0.3) is 0 Å². The number of benzene rings is 1. The fourth-order valence-corrected chi connectivity index (χ4v) is 2.62. The van der Waals surface area contributed by atoms with Gasteiger partial charge in [-0.3, -0.25) is 10.1 Å². The number of rotatable bonds is 3. The van der Waals surface area contributed by atoms with Gasteiger partial charge in [0.2, 0.25) is 5.82 Å². The molecule has 8 heteroatoms. The van der Waals surface area contributed by atoms with Crippen LogP contribution in [0.4, 0.5) is 20.2 Å². The molecule has 0 amide bonds. The van der Waals surface area contributed by atoms with E-state index in [0.717, 1.165) is 6.07 Å². The van der Waals surface area contributed by atoms with Crippen molar-refractivity contribution in [3.05, 3.63) is 33.9 Å². The Kier molecular flexibility index (Phi) is 4.06. The van der Waals surface area contributed by atoms with E-state index in [4.69, 9.17) is 0 Å². The van der Waals surface area contributed by atoms with E-state index >= 15 is 0 Å². The molecule has 21 heavy (non-hydrogen) atoms. The van der Waals surface area contributed by atoms with Gasteiger partial charge >= 0.3 is 11.7 Å². The number of carboxylic acid groups (broad SMARTS) is 1. The van der Waals surface area contributed by atoms with Crippen LogP contribution in [0.1, 0.15) is 19.8 Å². The van der Waals surface area contributed by atoms with Gasteiger partial charge in [0.15, 0.2) is 0 Å². The molecule has 1 saturated heterocycles. The molecule has 1 aliphatic heterocycles. The second-order valence-corrected chi connectivity index (χ2v) is 5.19. The molecule has 2 rings (SSSR count). The van der Waals surface area contributed by atoms with Crippen molar-refractivity contribution in [2.24, 2.45) is 5.92 Å². The van der Waals surface area contributed by atoms with E-state index in [1.54, 1.807) is 0 Å². The van der Waals surface area contributed by atoms with Gasteiger partial charge in [0.05, 0.1) is 4.92 Å². The van der Waals surface area contributed by atoms with Crippen molar-refractivity contribution < 1.29 is 23.6 Å². The highest BCUT2D eigenvalue weighted by Crippen LogP contribution is 2.36. The van der Waals surface area contributed by atoms with Crippen LogP contribution in [0.3, 0.4) is 0 Å². The predicted octanol–water partition coefficient (Wildman–Crippen LogP) is 2.56. The predicted molar refractivity (Wildman–Crippen MR) is 70.2 cm³/mol. The number of nitrogens with zero attached hydrogens (tertiary/aromatic N) is 2. The molecule has 2 atom stereocenters. The molecule has 6 nitrogen and oxygen atoms in total. The molecule has 0 saturated carbocycles. The zero-order valence-electron chi connectivity index (χ0n) is 11.3. The molecule has 2 unspecified atom stereocenters. The second kappa shape index (κ2) is 5.63. The summed E-state index contributed by atoms with van der Waals surface area (Å²) in [5.41, 5.74) is -1.21. The van der Waals surface area contributed by atoms with Crippen molar-refractivity contribution in [1.82, 2.24) is 0 Å². The standard InChI is InChI=1S/C13H14F2N2O4/c1-7-2-3-16(11(4-7)13(18)19)10-6-8(14)5-9(15)12(10)17(20)21/h5-7,11H,2-4H2,1H3,(H,18,19). The molecular formula is C13H14F2N2O4. The van der Waals surface area contributed by atoms with Crippen molar-refractivity contribution in [2.45, 2.75) is 25.8 Å². The zero-order valence-corrected chi connectivity index (χ0v) is 11.3. The lowest BCUT2D eigenvalue weighted by atomic mass is 9.91. The Labute approximate surface area is 119 Å². The van der Waals surface area contributed by atoms with Crippen LogP contribution in [-0.4, -0.2) is 28.6 Å². The average molecular weight is 300 g/mol. The van der Waals surface area contributed by atoms with E-state index in [0.29, 0.717) is 12.5 Å². The van der Waals surface area contributed by atoms with Crippen LogP contribution in [0.2, 0.25) is 0 Å². The quantitative estimate of drug-likeness (QED) is 0.685. The Morgan fingerprint density at radius 1 is 1.48 bits per heavy atom. The minimum atomic E-state index is -1.31. The Morgan fingerprint density at radius 2 is 2.14 bits per heavy atom. The van der Waals surface area contributed by atoms with Crippen LogP contribution in [0.25, 0.3) is 0 Å². The highest BCUT2D eigenvalue weighted by Gasteiger charge is 2.36. The first-order chi connectivity index (χ1) is 9.81. The van der Waals surface area contributed by atoms with Gasteiger partial charge in [0.1, 0.15) is 17.5 Å². The third-order valence-electron chi connectivity index (χ3n) is 3.65. The minimum absolute atomic E-state index is 0.125. The van der Waals surface area contributed by atoms with Gasteiger partial charge < -0.3 is 10.0 Å². The van der Waals surface area contributed by atoms with Crippen molar-refractivity contribution in [1.29, 1.82) is 0 Å².